The summed E-state index contributed by atoms with van der Waals surface area (Å²) in [6, 6.07) is 14.1. The van der Waals surface area contributed by atoms with Gasteiger partial charge in [0.05, 0.1) is 21.8 Å². The lowest BCUT2D eigenvalue weighted by Crippen LogP contribution is -2.40. The fourth-order valence-corrected chi connectivity index (χ4v) is 5.16. The van der Waals surface area contributed by atoms with Gasteiger partial charge in [-0.1, -0.05) is 24.3 Å². The lowest BCUT2D eigenvalue weighted by molar-refractivity contribution is -0.137. The van der Waals surface area contributed by atoms with E-state index in [9.17, 15) is 30.4 Å². The van der Waals surface area contributed by atoms with Gasteiger partial charge in [0.25, 0.3) is 6.43 Å². The van der Waals surface area contributed by atoms with Crippen molar-refractivity contribution in [3.8, 4) is 33.9 Å². The number of nitrogens with one attached hydrogen (secondary N) is 1. The van der Waals surface area contributed by atoms with Gasteiger partial charge in [-0.25, -0.2) is 31.9 Å². The second-order valence-corrected chi connectivity index (χ2v) is 11.4. The molecule has 0 atom stereocenters. The van der Waals surface area contributed by atoms with E-state index in [-0.39, 0.29) is 22.0 Å². The van der Waals surface area contributed by atoms with E-state index in [1.165, 1.54) is 30.5 Å². The van der Waals surface area contributed by atoms with Crippen molar-refractivity contribution in [3.63, 3.8) is 0 Å². The summed E-state index contributed by atoms with van der Waals surface area (Å²) in [6.07, 6.45) is -6.11. The fraction of sp³-hybridized carbons (Fsp3) is 0.222. The standard InChI is InChI=1S/C27H23F5N4O2S/c1-26(2,3)36-39(37,38)20-6-4-5-17(13-20)21-14-18(11-12-33-21)25-34-22(15-23(35-25)24(28)29)16-7-9-19(10-8-16)27(30,31)32/h4-15,24,36H,1-3H3. The second-order valence-electron chi connectivity index (χ2n) is 9.69. The normalized spacial score (nSPS) is 12.6. The van der Waals surface area contributed by atoms with E-state index in [1.807, 2.05) is 0 Å². The lowest BCUT2D eigenvalue weighted by atomic mass is 10.1. The Morgan fingerprint density at radius 3 is 2.10 bits per heavy atom. The first kappa shape index (κ1) is 28.2. The van der Waals surface area contributed by atoms with Crippen LogP contribution in [0.1, 0.15) is 38.5 Å². The maximum Gasteiger partial charge on any atom is 0.416 e. The summed E-state index contributed by atoms with van der Waals surface area (Å²) in [5.74, 6) is -0.0930. The molecule has 2 aromatic heterocycles. The van der Waals surface area contributed by atoms with Crippen molar-refractivity contribution in [2.24, 2.45) is 0 Å². The monoisotopic (exact) mass is 562 g/mol. The first-order valence-corrected chi connectivity index (χ1v) is 13.1. The van der Waals surface area contributed by atoms with Crippen LogP contribution in [-0.4, -0.2) is 28.9 Å². The topological polar surface area (TPSA) is 84.8 Å². The lowest BCUT2D eigenvalue weighted by Gasteiger charge is -2.20. The molecule has 0 saturated carbocycles. The van der Waals surface area contributed by atoms with E-state index in [2.05, 4.69) is 19.7 Å². The molecule has 0 aliphatic heterocycles. The number of pyridine rings is 1. The van der Waals surface area contributed by atoms with Crippen LogP contribution < -0.4 is 4.72 Å². The summed E-state index contributed by atoms with van der Waals surface area (Å²) >= 11 is 0. The van der Waals surface area contributed by atoms with Crippen LogP contribution in [0, 0.1) is 0 Å². The van der Waals surface area contributed by atoms with Gasteiger partial charge in [0.2, 0.25) is 10.0 Å². The molecule has 0 aliphatic rings. The van der Waals surface area contributed by atoms with Crippen molar-refractivity contribution in [2.75, 3.05) is 0 Å². The SMILES string of the molecule is CC(C)(C)NS(=O)(=O)c1cccc(-c2cc(-c3nc(-c4ccc(C(F)(F)F)cc4)cc(C(F)F)n3)ccn2)c1. The van der Waals surface area contributed by atoms with Crippen LogP contribution >= 0.6 is 0 Å². The molecule has 0 radical (unpaired) electrons. The minimum atomic E-state index is -4.55. The van der Waals surface area contributed by atoms with Crippen molar-refractivity contribution in [2.45, 2.75) is 43.8 Å². The van der Waals surface area contributed by atoms with Crippen LogP contribution in [0.25, 0.3) is 33.9 Å². The maximum absolute atomic E-state index is 13.7. The van der Waals surface area contributed by atoms with E-state index in [0.29, 0.717) is 16.8 Å². The third-order valence-corrected chi connectivity index (χ3v) is 7.13. The van der Waals surface area contributed by atoms with Crippen LogP contribution in [0.3, 0.4) is 0 Å². The minimum absolute atomic E-state index is 0.0164. The molecular formula is C27H23F5N4O2S. The van der Waals surface area contributed by atoms with Gasteiger partial charge in [-0.3, -0.25) is 4.98 Å². The molecule has 6 nitrogen and oxygen atoms in total. The zero-order valence-corrected chi connectivity index (χ0v) is 21.8. The number of halogens is 5. The Labute approximate surface area is 222 Å². The molecule has 204 valence electrons. The smallest absolute Gasteiger partial charge is 0.256 e. The maximum atomic E-state index is 13.7. The zero-order valence-electron chi connectivity index (χ0n) is 21.0. The highest BCUT2D eigenvalue weighted by atomic mass is 32.2. The van der Waals surface area contributed by atoms with Crippen LogP contribution in [0.5, 0.6) is 0 Å². The van der Waals surface area contributed by atoms with Gasteiger partial charge in [0.1, 0.15) is 5.69 Å². The van der Waals surface area contributed by atoms with Gasteiger partial charge in [-0.2, -0.15) is 13.2 Å². The molecule has 0 bridgehead atoms. The van der Waals surface area contributed by atoms with E-state index in [0.717, 1.165) is 30.3 Å². The molecule has 2 aromatic carbocycles. The number of nitrogens with zero attached hydrogens (tertiary/aromatic N) is 3. The van der Waals surface area contributed by atoms with E-state index >= 15 is 0 Å². The number of aromatic nitrogens is 3. The average molecular weight is 563 g/mol. The first-order valence-electron chi connectivity index (χ1n) is 11.6. The third kappa shape index (κ3) is 6.82. The second kappa shape index (κ2) is 10.4. The largest absolute Gasteiger partial charge is 0.416 e. The van der Waals surface area contributed by atoms with Crippen LogP contribution in [0.2, 0.25) is 0 Å². The molecule has 0 unspecified atom stereocenters. The Bertz CT molecular complexity index is 1600. The Morgan fingerprint density at radius 2 is 1.49 bits per heavy atom. The Kier molecular flexibility index (Phi) is 7.55. The molecule has 0 aliphatic carbocycles. The van der Waals surface area contributed by atoms with E-state index in [4.69, 9.17) is 0 Å². The average Bonchev–Trinajstić information content (AvgIpc) is 2.87. The van der Waals surface area contributed by atoms with E-state index in [1.54, 1.807) is 32.9 Å². The minimum Gasteiger partial charge on any atom is -0.256 e. The molecule has 4 rings (SSSR count). The predicted octanol–water partition coefficient (Wildman–Crippen LogP) is 6.91. The summed E-state index contributed by atoms with van der Waals surface area (Å²) < 4.78 is 94.4. The van der Waals surface area contributed by atoms with Crippen molar-refractivity contribution in [1.82, 2.24) is 19.7 Å². The van der Waals surface area contributed by atoms with Crippen molar-refractivity contribution in [1.29, 1.82) is 0 Å². The quantitative estimate of drug-likeness (QED) is 0.258. The summed E-state index contributed by atoms with van der Waals surface area (Å²) in [5, 5.41) is 0. The molecule has 1 N–H and O–H groups in total. The molecule has 0 saturated heterocycles. The predicted molar refractivity (Wildman–Crippen MR) is 136 cm³/mol. The van der Waals surface area contributed by atoms with Crippen molar-refractivity contribution >= 4 is 10.0 Å². The van der Waals surface area contributed by atoms with Crippen molar-refractivity contribution in [3.05, 3.63) is 84.2 Å². The summed E-state index contributed by atoms with van der Waals surface area (Å²) in [4.78, 5) is 12.6. The molecular weight excluding hydrogens is 539 g/mol. The van der Waals surface area contributed by atoms with Gasteiger partial charge in [0, 0.05) is 28.4 Å². The van der Waals surface area contributed by atoms with Crippen LogP contribution in [-0.2, 0) is 16.2 Å². The van der Waals surface area contributed by atoms with Crippen molar-refractivity contribution < 1.29 is 30.4 Å². The number of sulfonamides is 1. The fourth-order valence-electron chi connectivity index (χ4n) is 3.70. The molecule has 12 heteroatoms. The Hall–Kier alpha value is -3.77. The molecule has 4 aromatic rings. The van der Waals surface area contributed by atoms with Gasteiger partial charge < -0.3 is 0 Å². The summed E-state index contributed by atoms with van der Waals surface area (Å²) in [5.41, 5.74) is -0.883. The van der Waals surface area contributed by atoms with Crippen LogP contribution in [0.15, 0.2) is 77.8 Å². The van der Waals surface area contributed by atoms with Crippen LogP contribution in [0.4, 0.5) is 22.0 Å². The first-order chi connectivity index (χ1) is 18.1. The van der Waals surface area contributed by atoms with Gasteiger partial charge in [0.15, 0.2) is 5.82 Å². The summed E-state index contributed by atoms with van der Waals surface area (Å²) in [7, 11) is -3.83. The summed E-state index contributed by atoms with van der Waals surface area (Å²) in [6.45, 7) is 5.14. The number of hydrogen-bond donors (Lipinski definition) is 1. The molecule has 0 fully saturated rings. The number of rotatable bonds is 6. The highest BCUT2D eigenvalue weighted by molar-refractivity contribution is 7.89. The molecule has 0 amide bonds. The number of hydrogen-bond acceptors (Lipinski definition) is 5. The molecule has 39 heavy (non-hydrogen) atoms. The number of benzene rings is 2. The molecule has 0 spiro atoms. The van der Waals surface area contributed by atoms with Gasteiger partial charge >= 0.3 is 6.18 Å². The zero-order chi connectivity index (χ0) is 28.6. The highest BCUT2D eigenvalue weighted by Crippen LogP contribution is 2.32. The van der Waals surface area contributed by atoms with E-state index < -0.39 is 39.4 Å². The van der Waals surface area contributed by atoms with Gasteiger partial charge in [-0.15, -0.1) is 0 Å². The number of alkyl halides is 5. The third-order valence-electron chi connectivity index (χ3n) is 5.38. The Balaban J connectivity index is 1.75. The molecule has 2 heterocycles. The van der Waals surface area contributed by atoms with Gasteiger partial charge in [-0.05, 0) is 63.2 Å². The Morgan fingerprint density at radius 1 is 0.795 bits per heavy atom. The highest BCUT2D eigenvalue weighted by Gasteiger charge is 2.30.